The Morgan fingerprint density at radius 1 is 0.375 bits per heavy atom. The van der Waals surface area contributed by atoms with E-state index in [9.17, 15) is 17.3 Å². The summed E-state index contributed by atoms with van der Waals surface area (Å²) in [4.78, 5) is 0. The highest BCUT2D eigenvalue weighted by Gasteiger charge is 2.20. The number of rotatable bonds is 16. The van der Waals surface area contributed by atoms with Crippen molar-refractivity contribution in [3.05, 3.63) is 0 Å². The van der Waals surface area contributed by atoms with E-state index in [2.05, 4.69) is 13.8 Å². The van der Waals surface area contributed by atoms with Crippen LogP contribution in [0.15, 0.2) is 0 Å². The van der Waals surface area contributed by atoms with Crippen molar-refractivity contribution in [2.45, 2.75) is 123 Å². The first-order valence-electron chi connectivity index (χ1n) is 10.3. The van der Waals surface area contributed by atoms with Gasteiger partial charge in [0.25, 0.3) is 0 Å². The molecule has 0 fully saturated rings. The van der Waals surface area contributed by atoms with Crippen molar-refractivity contribution in [2.75, 3.05) is 0 Å². The lowest BCUT2D eigenvalue weighted by Gasteiger charge is -2.03. The molecule has 0 nitrogen and oxygen atoms in total. The largest absolute Gasteiger partial charge is 0.673 e. The second kappa shape index (κ2) is 20.8. The molecule has 0 unspecified atom stereocenters. The summed E-state index contributed by atoms with van der Waals surface area (Å²) in [7, 11) is -6.00. The van der Waals surface area contributed by atoms with Crippen molar-refractivity contribution in [3.63, 3.8) is 0 Å². The average Bonchev–Trinajstić information content (AvgIpc) is 2.49. The Hall–Kier alpha value is -0.215. The molecule has 0 bridgehead atoms. The Kier molecular flexibility index (Phi) is 22.6. The van der Waals surface area contributed by atoms with Crippen LogP contribution in [0.4, 0.5) is 17.3 Å². The van der Waals surface area contributed by atoms with Gasteiger partial charge in [0.1, 0.15) is 0 Å². The molecule has 5 heteroatoms. The molecule has 0 aliphatic carbocycles. The Balaban J connectivity index is 0. The number of hydrogen-bond donors (Lipinski definition) is 0. The highest BCUT2D eigenvalue weighted by Crippen LogP contribution is 2.13. The van der Waals surface area contributed by atoms with E-state index >= 15 is 0 Å². The van der Waals surface area contributed by atoms with E-state index in [1.807, 2.05) is 0 Å². The van der Waals surface area contributed by atoms with Gasteiger partial charge in [-0.3, -0.25) is 0 Å². The minimum atomic E-state index is -6.00. The Morgan fingerprint density at radius 2 is 0.500 bits per heavy atom. The van der Waals surface area contributed by atoms with Gasteiger partial charge < -0.3 is 17.3 Å². The molecule has 0 amide bonds. The number of halogens is 4. The van der Waals surface area contributed by atoms with Crippen molar-refractivity contribution in [2.24, 2.45) is 0 Å². The molecule has 0 aromatic carbocycles. The second-order valence-electron chi connectivity index (χ2n) is 6.80. The van der Waals surface area contributed by atoms with Crippen LogP contribution in [0.1, 0.15) is 123 Å². The zero-order chi connectivity index (χ0) is 18.5. The van der Waals surface area contributed by atoms with Crippen LogP contribution in [-0.4, -0.2) is 7.25 Å². The van der Waals surface area contributed by atoms with E-state index in [0.717, 1.165) is 0 Å². The molecule has 0 atom stereocenters. The maximum atomic E-state index is 9.75. The fraction of sp³-hybridized carbons (Fsp3) is 1.00. The van der Waals surface area contributed by atoms with Gasteiger partial charge in [0, 0.05) is 0 Å². The molecule has 0 heterocycles. The van der Waals surface area contributed by atoms with E-state index in [-0.39, 0.29) is 0 Å². The summed E-state index contributed by atoms with van der Waals surface area (Å²) in [5.41, 5.74) is 0. The van der Waals surface area contributed by atoms with Gasteiger partial charge in [-0.2, -0.15) is 0 Å². The quantitative estimate of drug-likeness (QED) is 0.147. The molecule has 0 saturated carbocycles. The van der Waals surface area contributed by atoms with E-state index in [0.29, 0.717) is 0 Å². The SMILES string of the molecule is CCCCCCCCCCCCCCCCCCC.F[B-](F)(F)F. The summed E-state index contributed by atoms with van der Waals surface area (Å²) in [6, 6.07) is 0. The Morgan fingerprint density at radius 3 is 0.625 bits per heavy atom. The highest BCUT2D eigenvalue weighted by molar-refractivity contribution is 6.50. The maximum absolute atomic E-state index is 9.75. The first-order chi connectivity index (χ1) is 11.4. The van der Waals surface area contributed by atoms with E-state index < -0.39 is 7.25 Å². The zero-order valence-electron chi connectivity index (χ0n) is 16.1. The van der Waals surface area contributed by atoms with Crippen LogP contribution in [0.25, 0.3) is 0 Å². The molecule has 0 aromatic rings. The van der Waals surface area contributed by atoms with Crippen LogP contribution in [-0.2, 0) is 0 Å². The molecule has 0 radical (unpaired) electrons. The fourth-order valence-electron chi connectivity index (χ4n) is 2.80. The van der Waals surface area contributed by atoms with Crippen molar-refractivity contribution in [1.82, 2.24) is 0 Å². The van der Waals surface area contributed by atoms with E-state index in [1.165, 1.54) is 109 Å². The smallest absolute Gasteiger partial charge is 0.418 e. The van der Waals surface area contributed by atoms with Crippen molar-refractivity contribution in [1.29, 1.82) is 0 Å². The molecular formula is C19H40BF4-. The topological polar surface area (TPSA) is 0 Å². The monoisotopic (exact) mass is 355 g/mol. The molecule has 0 rings (SSSR count). The number of hydrogen-bond acceptors (Lipinski definition) is 0. The lowest BCUT2D eigenvalue weighted by Crippen LogP contribution is -2.02. The number of unbranched alkanes of at least 4 members (excludes halogenated alkanes) is 16. The third-order valence-corrected chi connectivity index (χ3v) is 4.21. The van der Waals surface area contributed by atoms with Gasteiger partial charge in [0.15, 0.2) is 0 Å². The first kappa shape index (κ1) is 26.0. The third-order valence-electron chi connectivity index (χ3n) is 4.21. The maximum Gasteiger partial charge on any atom is 0.673 e. The van der Waals surface area contributed by atoms with Gasteiger partial charge in [-0.1, -0.05) is 123 Å². The normalized spacial score (nSPS) is 11.2. The van der Waals surface area contributed by atoms with Crippen LogP contribution < -0.4 is 0 Å². The van der Waals surface area contributed by atoms with Crippen LogP contribution in [0.2, 0.25) is 0 Å². The van der Waals surface area contributed by atoms with Crippen molar-refractivity contribution >= 4 is 7.25 Å². The zero-order valence-corrected chi connectivity index (χ0v) is 16.1. The summed E-state index contributed by atoms with van der Waals surface area (Å²) in [6.45, 7) is 4.59. The molecular weight excluding hydrogens is 315 g/mol. The van der Waals surface area contributed by atoms with Gasteiger partial charge >= 0.3 is 7.25 Å². The predicted octanol–water partition coefficient (Wildman–Crippen LogP) is 8.96. The predicted molar refractivity (Wildman–Crippen MR) is 100 cm³/mol. The third kappa shape index (κ3) is 37.8. The van der Waals surface area contributed by atoms with Gasteiger partial charge in [0.2, 0.25) is 0 Å². The molecule has 24 heavy (non-hydrogen) atoms. The molecule has 0 aliphatic rings. The average molecular weight is 355 g/mol. The lowest BCUT2D eigenvalue weighted by atomic mass is 10.0. The molecule has 0 saturated heterocycles. The van der Waals surface area contributed by atoms with Crippen LogP contribution >= 0.6 is 0 Å². The summed E-state index contributed by atoms with van der Waals surface area (Å²) in [5.74, 6) is 0. The van der Waals surface area contributed by atoms with Gasteiger partial charge in [0.05, 0.1) is 0 Å². The highest BCUT2D eigenvalue weighted by atomic mass is 19.5. The minimum Gasteiger partial charge on any atom is -0.418 e. The standard InChI is InChI=1S/C19H40.BF4/c1-3-5-7-9-11-13-15-17-19-18-16-14-12-10-8-6-4-2;2-1(3,4)5/h3-19H2,1-2H3;/q;-1. The van der Waals surface area contributed by atoms with Crippen molar-refractivity contribution < 1.29 is 17.3 Å². The van der Waals surface area contributed by atoms with E-state index in [4.69, 9.17) is 0 Å². The van der Waals surface area contributed by atoms with Gasteiger partial charge in [-0.05, 0) is 0 Å². The first-order valence-corrected chi connectivity index (χ1v) is 10.3. The molecule has 0 spiro atoms. The summed E-state index contributed by atoms with van der Waals surface area (Å²) < 4.78 is 39.0. The summed E-state index contributed by atoms with van der Waals surface area (Å²) >= 11 is 0. The molecule has 0 aromatic heterocycles. The minimum absolute atomic E-state index is 1.37. The van der Waals surface area contributed by atoms with Crippen LogP contribution in [0.5, 0.6) is 0 Å². The van der Waals surface area contributed by atoms with Gasteiger partial charge in [-0.25, -0.2) is 0 Å². The molecule has 0 N–H and O–H groups in total. The van der Waals surface area contributed by atoms with Crippen molar-refractivity contribution in [3.8, 4) is 0 Å². The Labute approximate surface area is 148 Å². The van der Waals surface area contributed by atoms with Gasteiger partial charge in [-0.15, -0.1) is 0 Å². The summed E-state index contributed by atoms with van der Waals surface area (Å²) in [5, 5.41) is 0. The second-order valence-corrected chi connectivity index (χ2v) is 6.80. The molecule has 0 aliphatic heterocycles. The Bertz CT molecular complexity index is 198. The molecule has 148 valence electrons. The summed E-state index contributed by atoms with van der Waals surface area (Å²) in [6.07, 6.45) is 24.9. The fourth-order valence-corrected chi connectivity index (χ4v) is 2.80. The lowest BCUT2D eigenvalue weighted by molar-refractivity contribution is 0.368. The van der Waals surface area contributed by atoms with E-state index in [1.54, 1.807) is 0 Å². The van der Waals surface area contributed by atoms with Crippen LogP contribution in [0.3, 0.4) is 0 Å². The van der Waals surface area contributed by atoms with Crippen LogP contribution in [0, 0.1) is 0 Å².